The molecular formula is C14H12N2O2. The highest BCUT2D eigenvalue weighted by Gasteiger charge is 2.08. The van der Waals surface area contributed by atoms with Gasteiger partial charge in [0.1, 0.15) is 5.65 Å². The molecule has 0 spiro atoms. The highest BCUT2D eigenvalue weighted by atomic mass is 16.3. The molecule has 4 nitrogen and oxygen atoms in total. The Labute approximate surface area is 104 Å². The molecule has 0 aliphatic heterocycles. The number of aromatic hydroxyl groups is 2. The highest BCUT2D eigenvalue weighted by Crippen LogP contribution is 2.30. The molecule has 0 fully saturated rings. The molecule has 4 heteroatoms. The molecule has 0 saturated heterocycles. The number of benzene rings is 1. The fourth-order valence-electron chi connectivity index (χ4n) is 1.98. The Morgan fingerprint density at radius 3 is 2.67 bits per heavy atom. The normalized spacial score (nSPS) is 10.9. The van der Waals surface area contributed by atoms with Crippen molar-refractivity contribution in [2.75, 3.05) is 0 Å². The van der Waals surface area contributed by atoms with Crippen LogP contribution in [0.15, 0.2) is 42.7 Å². The van der Waals surface area contributed by atoms with Crippen LogP contribution in [0.4, 0.5) is 0 Å². The Morgan fingerprint density at radius 2 is 1.94 bits per heavy atom. The van der Waals surface area contributed by atoms with Gasteiger partial charge in [-0.2, -0.15) is 0 Å². The quantitative estimate of drug-likeness (QED) is 0.643. The number of phenols is 2. The van der Waals surface area contributed by atoms with Crippen molar-refractivity contribution in [3.05, 3.63) is 48.3 Å². The summed E-state index contributed by atoms with van der Waals surface area (Å²) < 4.78 is 1.94. The van der Waals surface area contributed by atoms with Gasteiger partial charge in [-0.3, -0.25) is 0 Å². The van der Waals surface area contributed by atoms with Gasteiger partial charge >= 0.3 is 0 Å². The molecule has 0 bridgehead atoms. The van der Waals surface area contributed by atoms with Gasteiger partial charge < -0.3 is 14.6 Å². The molecule has 2 N–H and O–H groups in total. The first-order valence-electron chi connectivity index (χ1n) is 5.62. The van der Waals surface area contributed by atoms with Crippen LogP contribution in [0.25, 0.3) is 16.9 Å². The van der Waals surface area contributed by atoms with Crippen LogP contribution in [0.2, 0.25) is 0 Å². The summed E-state index contributed by atoms with van der Waals surface area (Å²) in [5.74, 6) is -0.264. The minimum Gasteiger partial charge on any atom is -0.504 e. The molecule has 0 radical (unpaired) electrons. The van der Waals surface area contributed by atoms with E-state index >= 15 is 0 Å². The Kier molecular flexibility index (Phi) is 2.23. The summed E-state index contributed by atoms with van der Waals surface area (Å²) in [6, 6.07) is 8.66. The SMILES string of the molecule is Cc1cccn2cc(-c3ccc(O)c(O)c3)nc12. The van der Waals surface area contributed by atoms with E-state index in [2.05, 4.69) is 4.98 Å². The summed E-state index contributed by atoms with van der Waals surface area (Å²) >= 11 is 0. The number of hydrogen-bond donors (Lipinski definition) is 2. The average molecular weight is 240 g/mol. The van der Waals surface area contributed by atoms with E-state index in [-0.39, 0.29) is 11.5 Å². The molecule has 90 valence electrons. The van der Waals surface area contributed by atoms with Gasteiger partial charge in [-0.25, -0.2) is 4.98 Å². The first-order valence-corrected chi connectivity index (χ1v) is 5.62. The molecule has 0 aliphatic rings. The summed E-state index contributed by atoms with van der Waals surface area (Å²) in [4.78, 5) is 4.52. The molecule has 0 unspecified atom stereocenters. The molecule has 1 aromatic carbocycles. The summed E-state index contributed by atoms with van der Waals surface area (Å²) in [6.45, 7) is 2.00. The van der Waals surface area contributed by atoms with Crippen molar-refractivity contribution in [3.63, 3.8) is 0 Å². The number of nitrogens with zero attached hydrogens (tertiary/aromatic N) is 2. The largest absolute Gasteiger partial charge is 0.504 e. The highest BCUT2D eigenvalue weighted by molar-refractivity contribution is 5.66. The van der Waals surface area contributed by atoms with Crippen molar-refractivity contribution >= 4 is 5.65 Å². The number of hydrogen-bond acceptors (Lipinski definition) is 3. The second-order valence-corrected chi connectivity index (χ2v) is 4.25. The second-order valence-electron chi connectivity index (χ2n) is 4.25. The lowest BCUT2D eigenvalue weighted by Gasteiger charge is -1.99. The van der Waals surface area contributed by atoms with Gasteiger partial charge in [-0.05, 0) is 36.8 Å². The summed E-state index contributed by atoms with van der Waals surface area (Å²) in [5.41, 5.74) is 3.51. The third-order valence-electron chi connectivity index (χ3n) is 2.95. The first kappa shape index (κ1) is 10.7. The van der Waals surface area contributed by atoms with Gasteiger partial charge in [0.25, 0.3) is 0 Å². The predicted molar refractivity (Wildman–Crippen MR) is 68.7 cm³/mol. The van der Waals surface area contributed by atoms with E-state index < -0.39 is 0 Å². The van der Waals surface area contributed by atoms with Crippen LogP contribution >= 0.6 is 0 Å². The maximum Gasteiger partial charge on any atom is 0.158 e. The molecule has 0 saturated carbocycles. The zero-order valence-electron chi connectivity index (χ0n) is 9.83. The predicted octanol–water partition coefficient (Wildman–Crippen LogP) is 2.72. The van der Waals surface area contributed by atoms with E-state index in [0.717, 1.165) is 22.5 Å². The molecular weight excluding hydrogens is 228 g/mol. The van der Waals surface area contributed by atoms with E-state index in [1.54, 1.807) is 6.07 Å². The van der Waals surface area contributed by atoms with Crippen LogP contribution in [0.5, 0.6) is 11.5 Å². The van der Waals surface area contributed by atoms with E-state index in [4.69, 9.17) is 0 Å². The zero-order chi connectivity index (χ0) is 12.7. The number of aromatic nitrogens is 2. The Morgan fingerprint density at radius 1 is 1.11 bits per heavy atom. The van der Waals surface area contributed by atoms with Crippen molar-refractivity contribution in [2.24, 2.45) is 0 Å². The number of phenolic OH excluding ortho intramolecular Hbond substituents is 2. The van der Waals surface area contributed by atoms with Gasteiger partial charge in [0.05, 0.1) is 5.69 Å². The minimum absolute atomic E-state index is 0.126. The lowest BCUT2D eigenvalue weighted by molar-refractivity contribution is 0.404. The zero-order valence-corrected chi connectivity index (χ0v) is 9.83. The fraction of sp³-hybridized carbons (Fsp3) is 0.0714. The van der Waals surface area contributed by atoms with Gasteiger partial charge in [-0.1, -0.05) is 6.07 Å². The molecule has 3 rings (SSSR count). The van der Waals surface area contributed by atoms with E-state index in [9.17, 15) is 10.2 Å². The average Bonchev–Trinajstić information content (AvgIpc) is 2.78. The fourth-order valence-corrected chi connectivity index (χ4v) is 1.98. The van der Waals surface area contributed by atoms with Crippen LogP contribution in [-0.2, 0) is 0 Å². The molecule has 0 atom stereocenters. The number of imidazole rings is 1. The molecule has 18 heavy (non-hydrogen) atoms. The maximum absolute atomic E-state index is 9.51. The molecule has 3 aromatic rings. The van der Waals surface area contributed by atoms with E-state index in [1.165, 1.54) is 12.1 Å². The number of pyridine rings is 1. The van der Waals surface area contributed by atoms with Crippen LogP contribution < -0.4 is 0 Å². The lowest BCUT2D eigenvalue weighted by atomic mass is 10.1. The Hall–Kier alpha value is -2.49. The smallest absolute Gasteiger partial charge is 0.158 e. The van der Waals surface area contributed by atoms with Crippen molar-refractivity contribution in [1.82, 2.24) is 9.38 Å². The van der Waals surface area contributed by atoms with Crippen LogP contribution in [0.1, 0.15) is 5.56 Å². The van der Waals surface area contributed by atoms with Crippen LogP contribution in [0.3, 0.4) is 0 Å². The maximum atomic E-state index is 9.51. The third-order valence-corrected chi connectivity index (χ3v) is 2.95. The summed E-state index contributed by atoms with van der Waals surface area (Å²) in [5, 5.41) is 18.8. The van der Waals surface area contributed by atoms with E-state index in [0.29, 0.717) is 0 Å². The molecule has 2 aromatic heterocycles. The monoisotopic (exact) mass is 240 g/mol. The van der Waals surface area contributed by atoms with Crippen molar-refractivity contribution in [1.29, 1.82) is 0 Å². The van der Waals surface area contributed by atoms with E-state index in [1.807, 2.05) is 35.9 Å². The Bertz CT molecular complexity index is 732. The molecule has 0 amide bonds. The number of rotatable bonds is 1. The summed E-state index contributed by atoms with van der Waals surface area (Å²) in [6.07, 6.45) is 3.83. The van der Waals surface area contributed by atoms with Gasteiger partial charge in [0, 0.05) is 18.0 Å². The standard InChI is InChI=1S/C14H12N2O2/c1-9-3-2-6-16-8-11(15-14(9)16)10-4-5-12(17)13(18)7-10/h2-8,17-18H,1H3. The molecule has 0 aliphatic carbocycles. The van der Waals surface area contributed by atoms with Crippen LogP contribution in [-0.4, -0.2) is 19.6 Å². The van der Waals surface area contributed by atoms with Gasteiger partial charge in [0.2, 0.25) is 0 Å². The van der Waals surface area contributed by atoms with Crippen molar-refractivity contribution in [3.8, 4) is 22.8 Å². The lowest BCUT2D eigenvalue weighted by Crippen LogP contribution is -1.83. The van der Waals surface area contributed by atoms with Gasteiger partial charge in [0.15, 0.2) is 11.5 Å². The minimum atomic E-state index is -0.138. The third kappa shape index (κ3) is 1.59. The molecule has 2 heterocycles. The van der Waals surface area contributed by atoms with Crippen molar-refractivity contribution in [2.45, 2.75) is 6.92 Å². The summed E-state index contributed by atoms with van der Waals surface area (Å²) in [7, 11) is 0. The first-order chi connectivity index (χ1) is 8.65. The van der Waals surface area contributed by atoms with Crippen molar-refractivity contribution < 1.29 is 10.2 Å². The topological polar surface area (TPSA) is 57.8 Å². The number of fused-ring (bicyclic) bond motifs is 1. The van der Waals surface area contributed by atoms with Crippen LogP contribution in [0, 0.1) is 6.92 Å². The van der Waals surface area contributed by atoms with Gasteiger partial charge in [-0.15, -0.1) is 0 Å². The number of aryl methyl sites for hydroxylation is 1. The Balaban J connectivity index is 2.19. The second kappa shape index (κ2) is 3.77.